The number of aldehydes is 1. The van der Waals surface area contributed by atoms with Crippen molar-refractivity contribution in [1.82, 2.24) is 4.98 Å². The fourth-order valence-corrected chi connectivity index (χ4v) is 2.65. The molecule has 1 unspecified atom stereocenters. The third kappa shape index (κ3) is 2.04. The van der Waals surface area contributed by atoms with Gasteiger partial charge in [-0.1, -0.05) is 11.3 Å². The van der Waals surface area contributed by atoms with E-state index in [2.05, 4.69) is 23.9 Å². The first-order valence-electron chi connectivity index (χ1n) is 5.29. The molecule has 0 N–H and O–H groups in total. The Morgan fingerprint density at radius 1 is 1.60 bits per heavy atom. The molecule has 1 saturated carbocycles. The van der Waals surface area contributed by atoms with Gasteiger partial charge in [0.05, 0.1) is 10.6 Å². The van der Waals surface area contributed by atoms with E-state index in [0.717, 1.165) is 27.9 Å². The molecule has 0 amide bonds. The number of aryl methyl sites for hydroxylation is 1. The summed E-state index contributed by atoms with van der Waals surface area (Å²) in [5, 5.41) is 0.967. The lowest BCUT2D eigenvalue weighted by Gasteiger charge is -2.23. The van der Waals surface area contributed by atoms with Gasteiger partial charge in [0.1, 0.15) is 0 Å². The summed E-state index contributed by atoms with van der Waals surface area (Å²) in [6, 6.07) is 0.537. The molecule has 15 heavy (non-hydrogen) atoms. The van der Waals surface area contributed by atoms with Crippen molar-refractivity contribution >= 4 is 22.8 Å². The van der Waals surface area contributed by atoms with Crippen LogP contribution in [-0.2, 0) is 0 Å². The topological polar surface area (TPSA) is 33.2 Å². The number of thiazole rings is 1. The lowest BCUT2D eigenvalue weighted by atomic mass is 10.2. The zero-order valence-corrected chi connectivity index (χ0v) is 10.2. The summed E-state index contributed by atoms with van der Waals surface area (Å²) >= 11 is 1.49. The van der Waals surface area contributed by atoms with Crippen LogP contribution in [-0.4, -0.2) is 24.4 Å². The standard InChI is InChI=1S/C11H16N2OS/c1-7-10(6-14)15-11(12-7)13(3)8(2)9-4-5-9/h6,8-9H,4-5H2,1-3H3. The van der Waals surface area contributed by atoms with E-state index in [9.17, 15) is 4.79 Å². The second-order valence-corrected chi connectivity index (χ2v) is 5.26. The molecule has 1 heterocycles. The van der Waals surface area contributed by atoms with Gasteiger partial charge in [0.15, 0.2) is 11.4 Å². The maximum absolute atomic E-state index is 10.7. The van der Waals surface area contributed by atoms with Gasteiger partial charge in [0.2, 0.25) is 0 Å². The Morgan fingerprint density at radius 3 is 2.73 bits per heavy atom. The van der Waals surface area contributed by atoms with Crippen molar-refractivity contribution < 1.29 is 4.79 Å². The molecule has 0 aliphatic heterocycles. The fraction of sp³-hybridized carbons (Fsp3) is 0.636. The van der Waals surface area contributed by atoms with Crippen LogP contribution in [0.4, 0.5) is 5.13 Å². The molecule has 0 aromatic carbocycles. The molecule has 0 radical (unpaired) electrons. The SMILES string of the molecule is Cc1nc(N(C)C(C)C2CC2)sc1C=O. The molecule has 1 aromatic heterocycles. The molecular formula is C11H16N2OS. The van der Waals surface area contributed by atoms with Crippen molar-refractivity contribution in [3.8, 4) is 0 Å². The Kier molecular flexibility index (Phi) is 2.78. The lowest BCUT2D eigenvalue weighted by molar-refractivity contribution is 0.112. The number of aromatic nitrogens is 1. The van der Waals surface area contributed by atoms with Crippen molar-refractivity contribution in [3.05, 3.63) is 10.6 Å². The van der Waals surface area contributed by atoms with E-state index in [1.54, 1.807) is 0 Å². The highest BCUT2D eigenvalue weighted by Gasteiger charge is 2.31. The van der Waals surface area contributed by atoms with Crippen LogP contribution in [0, 0.1) is 12.8 Å². The number of carbonyl (C=O) groups excluding carboxylic acids is 1. The molecule has 4 heteroatoms. The molecule has 1 aliphatic carbocycles. The molecule has 0 saturated heterocycles. The highest BCUT2D eigenvalue weighted by molar-refractivity contribution is 7.17. The predicted octanol–water partition coefficient (Wildman–Crippen LogP) is 2.50. The van der Waals surface area contributed by atoms with Crippen LogP contribution in [0.2, 0.25) is 0 Å². The van der Waals surface area contributed by atoms with E-state index in [1.807, 2.05) is 6.92 Å². The second kappa shape index (κ2) is 3.93. The van der Waals surface area contributed by atoms with Crippen molar-refractivity contribution in [1.29, 1.82) is 0 Å². The second-order valence-electron chi connectivity index (χ2n) is 4.25. The van der Waals surface area contributed by atoms with E-state index >= 15 is 0 Å². The number of hydrogen-bond acceptors (Lipinski definition) is 4. The average molecular weight is 224 g/mol. The summed E-state index contributed by atoms with van der Waals surface area (Å²) in [6.45, 7) is 4.12. The predicted molar refractivity (Wildman–Crippen MR) is 62.8 cm³/mol. The van der Waals surface area contributed by atoms with Gasteiger partial charge in [0.25, 0.3) is 0 Å². The van der Waals surface area contributed by atoms with Crippen LogP contribution in [0.15, 0.2) is 0 Å². The monoisotopic (exact) mass is 224 g/mol. The van der Waals surface area contributed by atoms with E-state index in [4.69, 9.17) is 0 Å². The van der Waals surface area contributed by atoms with E-state index in [1.165, 1.54) is 24.2 Å². The van der Waals surface area contributed by atoms with Gasteiger partial charge >= 0.3 is 0 Å². The molecule has 3 nitrogen and oxygen atoms in total. The Morgan fingerprint density at radius 2 is 2.27 bits per heavy atom. The maximum Gasteiger partial charge on any atom is 0.186 e. The van der Waals surface area contributed by atoms with Crippen LogP contribution < -0.4 is 4.90 Å². The minimum atomic E-state index is 0.537. The van der Waals surface area contributed by atoms with Crippen LogP contribution in [0.1, 0.15) is 35.1 Å². The molecule has 2 rings (SSSR count). The zero-order valence-electron chi connectivity index (χ0n) is 9.36. The number of hydrogen-bond donors (Lipinski definition) is 0. The van der Waals surface area contributed by atoms with E-state index in [-0.39, 0.29) is 0 Å². The molecule has 0 bridgehead atoms. The third-order valence-corrected chi connectivity index (χ3v) is 4.32. The van der Waals surface area contributed by atoms with Crippen molar-refractivity contribution in [3.63, 3.8) is 0 Å². The average Bonchev–Trinajstić information content (AvgIpc) is 3.00. The highest BCUT2D eigenvalue weighted by Crippen LogP contribution is 2.37. The smallest absolute Gasteiger partial charge is 0.186 e. The van der Waals surface area contributed by atoms with Crippen molar-refractivity contribution in [2.75, 3.05) is 11.9 Å². The Labute approximate surface area is 94.1 Å². The zero-order chi connectivity index (χ0) is 11.0. The van der Waals surface area contributed by atoms with E-state index < -0.39 is 0 Å². The van der Waals surface area contributed by atoms with E-state index in [0.29, 0.717) is 6.04 Å². The van der Waals surface area contributed by atoms with Crippen LogP contribution >= 0.6 is 11.3 Å². The minimum absolute atomic E-state index is 0.537. The summed E-state index contributed by atoms with van der Waals surface area (Å²) in [4.78, 5) is 18.1. The van der Waals surface area contributed by atoms with Gasteiger partial charge in [-0.05, 0) is 32.6 Å². The minimum Gasteiger partial charge on any atom is -0.348 e. The summed E-state index contributed by atoms with van der Waals surface area (Å²) < 4.78 is 0. The van der Waals surface area contributed by atoms with Crippen molar-refractivity contribution in [2.24, 2.45) is 5.92 Å². The molecule has 0 spiro atoms. The van der Waals surface area contributed by atoms with Crippen LogP contribution in [0.5, 0.6) is 0 Å². The summed E-state index contributed by atoms with van der Waals surface area (Å²) in [6.07, 6.45) is 3.55. The molecule has 1 aromatic rings. The first-order chi connectivity index (χ1) is 7.13. The van der Waals surface area contributed by atoms with Gasteiger partial charge in [-0.2, -0.15) is 0 Å². The number of rotatable bonds is 4. The molecule has 1 aliphatic rings. The van der Waals surface area contributed by atoms with Gasteiger partial charge in [-0.25, -0.2) is 4.98 Å². The Hall–Kier alpha value is -0.900. The number of anilines is 1. The van der Waals surface area contributed by atoms with Gasteiger partial charge in [-0.3, -0.25) is 4.79 Å². The summed E-state index contributed by atoms with van der Waals surface area (Å²) in [5.74, 6) is 0.818. The molecule has 1 fully saturated rings. The summed E-state index contributed by atoms with van der Waals surface area (Å²) in [7, 11) is 2.07. The lowest BCUT2D eigenvalue weighted by Crippen LogP contribution is -2.30. The maximum atomic E-state index is 10.7. The van der Waals surface area contributed by atoms with Crippen LogP contribution in [0.25, 0.3) is 0 Å². The third-order valence-electron chi connectivity index (χ3n) is 3.15. The van der Waals surface area contributed by atoms with Gasteiger partial charge in [-0.15, -0.1) is 0 Å². The first kappa shape index (κ1) is 10.6. The normalized spacial score (nSPS) is 17.5. The largest absolute Gasteiger partial charge is 0.348 e. The first-order valence-corrected chi connectivity index (χ1v) is 6.10. The van der Waals surface area contributed by atoms with Gasteiger partial charge < -0.3 is 4.90 Å². The fourth-order valence-electron chi connectivity index (χ4n) is 1.72. The number of carbonyl (C=O) groups is 1. The Balaban J connectivity index is 2.16. The Bertz CT molecular complexity index is 371. The molecule has 1 atom stereocenters. The highest BCUT2D eigenvalue weighted by atomic mass is 32.1. The number of nitrogens with zero attached hydrogens (tertiary/aromatic N) is 2. The quantitative estimate of drug-likeness (QED) is 0.737. The van der Waals surface area contributed by atoms with Crippen molar-refractivity contribution in [2.45, 2.75) is 32.7 Å². The molecule has 82 valence electrons. The van der Waals surface area contributed by atoms with Crippen LogP contribution in [0.3, 0.4) is 0 Å². The summed E-state index contributed by atoms with van der Waals surface area (Å²) in [5.41, 5.74) is 0.847. The molecular weight excluding hydrogens is 208 g/mol. The van der Waals surface area contributed by atoms with Gasteiger partial charge in [0, 0.05) is 13.1 Å².